The van der Waals surface area contributed by atoms with Crippen LogP contribution >= 0.6 is 23.2 Å². The van der Waals surface area contributed by atoms with Crippen molar-refractivity contribution in [2.24, 2.45) is 5.73 Å². The Balaban J connectivity index is 3.08. The number of nitrogens with one attached hydrogen (secondary N) is 1. The fraction of sp³-hybridized carbons (Fsp3) is 0.455. The normalized spacial score (nSPS) is 11.8. The van der Waals surface area contributed by atoms with Gasteiger partial charge in [-0.15, -0.1) is 0 Å². The van der Waals surface area contributed by atoms with Gasteiger partial charge in [0, 0.05) is 18.1 Å². The molecule has 18 heavy (non-hydrogen) atoms. The van der Waals surface area contributed by atoms with E-state index >= 15 is 0 Å². The van der Waals surface area contributed by atoms with E-state index in [2.05, 4.69) is 4.72 Å². The maximum absolute atomic E-state index is 12.0. The van der Waals surface area contributed by atoms with E-state index in [1.54, 1.807) is 0 Å². The van der Waals surface area contributed by atoms with Crippen molar-refractivity contribution in [3.63, 3.8) is 0 Å². The zero-order valence-corrected chi connectivity index (χ0v) is 12.4. The van der Waals surface area contributed by atoms with Gasteiger partial charge in [-0.25, -0.2) is 13.1 Å². The Morgan fingerprint density at radius 2 is 1.94 bits per heavy atom. The number of hydrogen-bond donors (Lipinski definition) is 2. The minimum atomic E-state index is -3.61. The van der Waals surface area contributed by atoms with Gasteiger partial charge in [0.2, 0.25) is 10.0 Å². The Morgan fingerprint density at radius 1 is 1.28 bits per heavy atom. The molecule has 0 amide bonds. The van der Waals surface area contributed by atoms with E-state index in [1.165, 1.54) is 12.1 Å². The Hall–Kier alpha value is -0.330. The third-order valence-electron chi connectivity index (χ3n) is 2.43. The fourth-order valence-electron chi connectivity index (χ4n) is 1.39. The summed E-state index contributed by atoms with van der Waals surface area (Å²) >= 11 is 11.8. The first-order valence-corrected chi connectivity index (χ1v) is 7.84. The first kappa shape index (κ1) is 15.7. The first-order chi connectivity index (χ1) is 8.42. The highest BCUT2D eigenvalue weighted by molar-refractivity contribution is 7.89. The van der Waals surface area contributed by atoms with Crippen molar-refractivity contribution in [3.05, 3.63) is 27.7 Å². The van der Waals surface area contributed by atoms with E-state index in [1.807, 2.05) is 6.92 Å². The first-order valence-electron chi connectivity index (χ1n) is 5.60. The van der Waals surface area contributed by atoms with Crippen LogP contribution in [0.5, 0.6) is 0 Å². The van der Waals surface area contributed by atoms with Crippen LogP contribution in [0.25, 0.3) is 0 Å². The van der Waals surface area contributed by atoms with Crippen LogP contribution in [0.15, 0.2) is 17.0 Å². The van der Waals surface area contributed by atoms with E-state index in [-0.39, 0.29) is 16.5 Å². The highest BCUT2D eigenvalue weighted by atomic mass is 35.5. The lowest BCUT2D eigenvalue weighted by Gasteiger charge is -2.10. The lowest BCUT2D eigenvalue weighted by atomic mass is 10.2. The Bertz CT molecular complexity index is 518. The molecule has 0 bridgehead atoms. The number of unbranched alkanes of at least 4 members (excludes halogenated alkanes) is 1. The van der Waals surface area contributed by atoms with Gasteiger partial charge >= 0.3 is 0 Å². The zero-order chi connectivity index (χ0) is 13.8. The fourth-order valence-corrected chi connectivity index (χ4v) is 3.34. The summed E-state index contributed by atoms with van der Waals surface area (Å²) < 4.78 is 26.5. The summed E-state index contributed by atoms with van der Waals surface area (Å²) in [6.07, 6.45) is 1.68. The summed E-state index contributed by atoms with van der Waals surface area (Å²) in [5, 5.41) is 0.469. The van der Waals surface area contributed by atoms with Crippen LogP contribution in [0.1, 0.15) is 25.3 Å². The summed E-state index contributed by atoms with van der Waals surface area (Å²) in [5.41, 5.74) is 6.04. The molecule has 0 atom stereocenters. The molecule has 0 saturated heterocycles. The standard InChI is InChI=1S/C11H16Cl2N2O2S/c1-2-3-4-15-18(16,17)11-5-8(7-14)9(12)6-10(11)13/h5-6,15H,2-4,7,14H2,1H3. The molecule has 0 aliphatic heterocycles. The molecule has 0 unspecified atom stereocenters. The van der Waals surface area contributed by atoms with Crippen LogP contribution in [0.3, 0.4) is 0 Å². The molecular weight excluding hydrogens is 295 g/mol. The minimum absolute atomic E-state index is 0.0186. The van der Waals surface area contributed by atoms with Crippen LogP contribution in [0.2, 0.25) is 10.0 Å². The molecule has 0 aliphatic carbocycles. The second-order valence-electron chi connectivity index (χ2n) is 3.83. The van der Waals surface area contributed by atoms with Crippen LogP contribution in [0.4, 0.5) is 0 Å². The Labute approximate surface area is 118 Å². The van der Waals surface area contributed by atoms with Gasteiger partial charge in [-0.3, -0.25) is 0 Å². The minimum Gasteiger partial charge on any atom is -0.326 e. The maximum atomic E-state index is 12.0. The van der Waals surface area contributed by atoms with Crippen molar-refractivity contribution in [1.29, 1.82) is 0 Å². The predicted octanol–water partition coefficient (Wildman–Crippen LogP) is 2.53. The molecule has 0 aromatic heterocycles. The lowest BCUT2D eigenvalue weighted by Crippen LogP contribution is -2.25. The highest BCUT2D eigenvalue weighted by Crippen LogP contribution is 2.28. The molecule has 1 rings (SSSR count). The van der Waals surface area contributed by atoms with Gasteiger partial charge in [0.25, 0.3) is 0 Å². The second-order valence-corrected chi connectivity index (χ2v) is 6.38. The van der Waals surface area contributed by atoms with Gasteiger partial charge in [0.15, 0.2) is 0 Å². The van der Waals surface area contributed by atoms with Gasteiger partial charge in [0.05, 0.1) is 5.02 Å². The maximum Gasteiger partial charge on any atom is 0.242 e. The molecule has 3 N–H and O–H groups in total. The van der Waals surface area contributed by atoms with Gasteiger partial charge in [-0.2, -0.15) is 0 Å². The van der Waals surface area contributed by atoms with Gasteiger partial charge in [0.1, 0.15) is 4.90 Å². The van der Waals surface area contributed by atoms with E-state index in [4.69, 9.17) is 28.9 Å². The number of halogens is 2. The number of rotatable bonds is 6. The van der Waals surface area contributed by atoms with Crippen molar-refractivity contribution < 1.29 is 8.42 Å². The number of sulfonamides is 1. The second kappa shape index (κ2) is 6.73. The van der Waals surface area contributed by atoms with Crippen LogP contribution in [0, 0.1) is 0 Å². The summed E-state index contributed by atoms with van der Waals surface area (Å²) in [6, 6.07) is 2.82. The van der Waals surface area contributed by atoms with E-state index < -0.39 is 10.0 Å². The molecule has 0 spiro atoms. The topological polar surface area (TPSA) is 72.2 Å². The molecule has 0 fully saturated rings. The van der Waals surface area contributed by atoms with Crippen molar-refractivity contribution in [1.82, 2.24) is 4.72 Å². The highest BCUT2D eigenvalue weighted by Gasteiger charge is 2.19. The summed E-state index contributed by atoms with van der Waals surface area (Å²) in [6.45, 7) is 2.53. The largest absolute Gasteiger partial charge is 0.326 e. The quantitative estimate of drug-likeness (QED) is 0.793. The van der Waals surface area contributed by atoms with E-state index in [9.17, 15) is 8.42 Å². The SMILES string of the molecule is CCCCNS(=O)(=O)c1cc(CN)c(Cl)cc1Cl. The molecule has 7 heteroatoms. The monoisotopic (exact) mass is 310 g/mol. The predicted molar refractivity (Wildman–Crippen MR) is 74.4 cm³/mol. The molecule has 0 aliphatic rings. The third kappa shape index (κ3) is 3.83. The molecule has 0 saturated carbocycles. The van der Waals surface area contributed by atoms with E-state index in [0.29, 0.717) is 17.1 Å². The molecule has 4 nitrogen and oxygen atoms in total. The van der Waals surface area contributed by atoms with Gasteiger partial charge < -0.3 is 5.73 Å². The number of hydrogen-bond acceptors (Lipinski definition) is 3. The molecule has 102 valence electrons. The summed E-state index contributed by atoms with van der Waals surface area (Å²) in [5.74, 6) is 0. The van der Waals surface area contributed by atoms with Crippen LogP contribution < -0.4 is 10.5 Å². The Kier molecular flexibility index (Phi) is 5.88. The molecule has 1 aromatic carbocycles. The van der Waals surface area contributed by atoms with Crippen molar-refractivity contribution in [3.8, 4) is 0 Å². The lowest BCUT2D eigenvalue weighted by molar-refractivity contribution is 0.578. The Morgan fingerprint density at radius 3 is 2.50 bits per heavy atom. The average molecular weight is 311 g/mol. The van der Waals surface area contributed by atoms with Crippen LogP contribution in [-0.2, 0) is 16.6 Å². The van der Waals surface area contributed by atoms with E-state index in [0.717, 1.165) is 12.8 Å². The van der Waals surface area contributed by atoms with Crippen molar-refractivity contribution >= 4 is 33.2 Å². The summed E-state index contributed by atoms with van der Waals surface area (Å²) in [7, 11) is -3.61. The zero-order valence-electron chi connectivity index (χ0n) is 10.0. The van der Waals surface area contributed by atoms with Gasteiger partial charge in [-0.1, -0.05) is 36.5 Å². The third-order valence-corrected chi connectivity index (χ3v) is 4.71. The van der Waals surface area contributed by atoms with Crippen LogP contribution in [-0.4, -0.2) is 15.0 Å². The smallest absolute Gasteiger partial charge is 0.242 e. The molecular formula is C11H16Cl2N2O2S. The molecule has 0 heterocycles. The summed E-state index contributed by atoms with van der Waals surface area (Å²) in [4.78, 5) is 0.0186. The van der Waals surface area contributed by atoms with Crippen molar-refractivity contribution in [2.75, 3.05) is 6.54 Å². The number of benzene rings is 1. The number of nitrogens with two attached hydrogens (primary N) is 1. The molecule has 0 radical (unpaired) electrons. The average Bonchev–Trinajstić information content (AvgIpc) is 2.29. The van der Waals surface area contributed by atoms with Crippen molar-refractivity contribution in [2.45, 2.75) is 31.2 Å². The molecule has 1 aromatic rings. The van der Waals surface area contributed by atoms with Gasteiger partial charge in [-0.05, 0) is 24.1 Å².